The van der Waals surface area contributed by atoms with Crippen LogP contribution in [0.1, 0.15) is 32.3 Å². The average Bonchev–Trinajstić information content (AvgIpc) is 3.34. The summed E-state index contributed by atoms with van der Waals surface area (Å²) in [6, 6.07) is 10.1. The molecule has 1 aromatic heterocycles. The van der Waals surface area contributed by atoms with Crippen molar-refractivity contribution < 1.29 is 14.6 Å². The van der Waals surface area contributed by atoms with E-state index in [1.54, 1.807) is 6.92 Å². The van der Waals surface area contributed by atoms with E-state index in [-0.39, 0.29) is 6.03 Å². The Morgan fingerprint density at radius 2 is 2.03 bits per heavy atom. The number of aliphatic hydroxyl groups is 1. The number of ether oxygens (including phenoxy) is 1. The summed E-state index contributed by atoms with van der Waals surface area (Å²) in [5.41, 5.74) is 3.97. The Bertz CT molecular complexity index is 990. The lowest BCUT2D eigenvalue weighted by atomic mass is 10.00. The van der Waals surface area contributed by atoms with Crippen LogP contribution < -0.4 is 15.5 Å². The number of pyridine rings is 1. The maximum atomic E-state index is 12.8. The maximum absolute atomic E-state index is 12.8. The van der Waals surface area contributed by atoms with Crippen molar-refractivity contribution in [1.82, 2.24) is 9.88 Å². The average molecular weight is 468 g/mol. The van der Waals surface area contributed by atoms with Gasteiger partial charge in [-0.1, -0.05) is 19.4 Å². The molecule has 0 unspecified atom stereocenters. The van der Waals surface area contributed by atoms with Crippen LogP contribution in [-0.2, 0) is 4.74 Å². The van der Waals surface area contributed by atoms with Gasteiger partial charge < -0.3 is 30.3 Å². The van der Waals surface area contributed by atoms with Crippen molar-refractivity contribution in [2.45, 2.75) is 39.7 Å². The summed E-state index contributed by atoms with van der Waals surface area (Å²) in [6.07, 6.45) is 1.71. The van der Waals surface area contributed by atoms with Crippen LogP contribution in [-0.4, -0.2) is 73.1 Å². The molecule has 2 fully saturated rings. The van der Waals surface area contributed by atoms with Crippen LogP contribution in [0.25, 0.3) is 11.1 Å². The Labute approximate surface area is 202 Å². The van der Waals surface area contributed by atoms with Crippen molar-refractivity contribution in [3.8, 4) is 11.1 Å². The van der Waals surface area contributed by atoms with Crippen molar-refractivity contribution >= 4 is 23.4 Å². The molecule has 2 aliphatic heterocycles. The number of carbonyl (C=O) groups is 1. The lowest BCUT2D eigenvalue weighted by Gasteiger charge is -2.28. The fourth-order valence-electron chi connectivity index (χ4n) is 4.53. The summed E-state index contributed by atoms with van der Waals surface area (Å²) in [4.78, 5) is 21.8. The zero-order valence-electron chi connectivity index (χ0n) is 20.5. The van der Waals surface area contributed by atoms with Crippen LogP contribution in [0.4, 0.5) is 22.1 Å². The first-order valence-corrected chi connectivity index (χ1v) is 12.4. The monoisotopic (exact) mass is 467 g/mol. The summed E-state index contributed by atoms with van der Waals surface area (Å²) in [7, 11) is 0. The number of aryl methyl sites for hydroxylation is 1. The van der Waals surface area contributed by atoms with Gasteiger partial charge >= 0.3 is 6.03 Å². The first-order valence-electron chi connectivity index (χ1n) is 12.4. The molecule has 3 N–H and O–H groups in total. The molecule has 0 bridgehead atoms. The van der Waals surface area contributed by atoms with Crippen LogP contribution in [0.2, 0.25) is 0 Å². The minimum atomic E-state index is -0.476. The number of amides is 2. The number of hydrogen-bond donors (Lipinski definition) is 3. The highest BCUT2D eigenvalue weighted by molar-refractivity contribution is 5.91. The van der Waals surface area contributed by atoms with Gasteiger partial charge in [0.1, 0.15) is 11.6 Å². The molecule has 0 radical (unpaired) electrons. The summed E-state index contributed by atoms with van der Waals surface area (Å²) in [5.74, 6) is 2.20. The first-order chi connectivity index (χ1) is 16.4. The molecular weight excluding hydrogens is 430 g/mol. The van der Waals surface area contributed by atoms with Gasteiger partial charge in [-0.25, -0.2) is 9.78 Å². The fourth-order valence-corrected chi connectivity index (χ4v) is 4.53. The second-order valence-electron chi connectivity index (χ2n) is 9.40. The van der Waals surface area contributed by atoms with Gasteiger partial charge in [-0.05, 0) is 67.1 Å². The van der Waals surface area contributed by atoms with E-state index in [1.165, 1.54) is 0 Å². The molecule has 4 rings (SSSR count). The Morgan fingerprint density at radius 3 is 2.74 bits per heavy atom. The number of anilines is 3. The number of aliphatic hydroxyl groups excluding tert-OH is 1. The van der Waals surface area contributed by atoms with E-state index in [1.807, 2.05) is 29.2 Å². The number of rotatable bonds is 7. The third kappa shape index (κ3) is 5.98. The van der Waals surface area contributed by atoms with Crippen LogP contribution in [0.5, 0.6) is 0 Å². The number of carbonyl (C=O) groups excluding carboxylic acids is 1. The molecule has 2 aromatic rings. The summed E-state index contributed by atoms with van der Waals surface area (Å²) < 4.78 is 5.51. The molecule has 8 nitrogen and oxygen atoms in total. The van der Waals surface area contributed by atoms with E-state index in [0.717, 1.165) is 73.0 Å². The van der Waals surface area contributed by atoms with Gasteiger partial charge in [-0.3, -0.25) is 0 Å². The van der Waals surface area contributed by atoms with Crippen LogP contribution in [0, 0.1) is 12.8 Å². The maximum Gasteiger partial charge on any atom is 0.321 e. The second kappa shape index (κ2) is 11.1. The predicted octanol–water partition coefficient (Wildman–Crippen LogP) is 3.95. The van der Waals surface area contributed by atoms with Gasteiger partial charge in [0, 0.05) is 38.4 Å². The molecule has 2 atom stereocenters. The molecule has 2 saturated heterocycles. The van der Waals surface area contributed by atoms with Crippen molar-refractivity contribution in [3.63, 3.8) is 0 Å². The SMILES string of the molecule is CC[C@@H]1CCN(C(=O)Nc2ccc(C)c(-c3cc(NC[C@H](C)O)nc(N4CCOCC4)c3)c2)C1. The molecule has 0 aliphatic carbocycles. The lowest BCUT2D eigenvalue weighted by molar-refractivity contribution is 0.122. The fraction of sp³-hybridized carbons (Fsp3) is 0.538. The topological polar surface area (TPSA) is 90.0 Å². The number of morpholine rings is 1. The third-order valence-corrected chi connectivity index (χ3v) is 6.68. The number of urea groups is 1. The molecule has 34 heavy (non-hydrogen) atoms. The Hall–Kier alpha value is -2.84. The van der Waals surface area contributed by atoms with Gasteiger partial charge in [0.2, 0.25) is 0 Å². The number of benzene rings is 1. The highest BCUT2D eigenvalue weighted by Crippen LogP contribution is 2.32. The van der Waals surface area contributed by atoms with E-state index in [9.17, 15) is 9.90 Å². The lowest BCUT2D eigenvalue weighted by Crippen LogP contribution is -2.36. The van der Waals surface area contributed by atoms with E-state index in [0.29, 0.717) is 25.7 Å². The van der Waals surface area contributed by atoms with Crippen LogP contribution in [0.3, 0.4) is 0 Å². The quantitative estimate of drug-likeness (QED) is 0.571. The smallest absolute Gasteiger partial charge is 0.321 e. The molecule has 3 heterocycles. The van der Waals surface area contributed by atoms with E-state index in [4.69, 9.17) is 9.72 Å². The molecule has 8 heteroatoms. The highest BCUT2D eigenvalue weighted by Gasteiger charge is 2.25. The first kappa shape index (κ1) is 24.3. The largest absolute Gasteiger partial charge is 0.392 e. The minimum absolute atomic E-state index is 0.0335. The Morgan fingerprint density at radius 1 is 1.24 bits per heavy atom. The van der Waals surface area contributed by atoms with Crippen molar-refractivity contribution in [1.29, 1.82) is 0 Å². The molecule has 1 aromatic carbocycles. The van der Waals surface area contributed by atoms with Gasteiger partial charge in [-0.15, -0.1) is 0 Å². The van der Waals surface area contributed by atoms with Crippen molar-refractivity contribution in [3.05, 3.63) is 35.9 Å². The molecule has 0 saturated carbocycles. The number of nitrogens with one attached hydrogen (secondary N) is 2. The second-order valence-corrected chi connectivity index (χ2v) is 9.40. The minimum Gasteiger partial charge on any atom is -0.392 e. The Kier molecular flexibility index (Phi) is 7.90. The Balaban J connectivity index is 1.60. The van der Waals surface area contributed by atoms with Gasteiger partial charge in [0.05, 0.1) is 19.3 Å². The van der Waals surface area contributed by atoms with E-state index in [2.05, 4.69) is 35.4 Å². The number of aromatic nitrogens is 1. The van der Waals surface area contributed by atoms with Gasteiger partial charge in [0.15, 0.2) is 0 Å². The standard InChI is InChI=1S/C26H37N5O3/c1-4-20-7-8-31(17-20)26(33)28-22-6-5-18(2)23(15-22)21-13-24(27-16-19(3)32)29-25(14-21)30-9-11-34-12-10-30/h5-6,13-15,19-20,32H,4,7-12,16-17H2,1-3H3,(H,27,29)(H,28,33)/t19-,20+/m0/s1. The predicted molar refractivity (Wildman–Crippen MR) is 137 cm³/mol. The number of hydrogen-bond acceptors (Lipinski definition) is 6. The summed E-state index contributed by atoms with van der Waals surface area (Å²) >= 11 is 0. The van der Waals surface area contributed by atoms with Crippen LogP contribution >= 0.6 is 0 Å². The van der Waals surface area contributed by atoms with Gasteiger partial charge in [-0.2, -0.15) is 0 Å². The van der Waals surface area contributed by atoms with E-state index < -0.39 is 6.10 Å². The number of nitrogens with zero attached hydrogens (tertiary/aromatic N) is 3. The molecular formula is C26H37N5O3. The zero-order valence-corrected chi connectivity index (χ0v) is 20.5. The van der Waals surface area contributed by atoms with Gasteiger partial charge in [0.25, 0.3) is 0 Å². The molecule has 2 aliphatic rings. The van der Waals surface area contributed by atoms with Crippen molar-refractivity contribution in [2.24, 2.45) is 5.92 Å². The zero-order chi connectivity index (χ0) is 24.1. The van der Waals surface area contributed by atoms with E-state index >= 15 is 0 Å². The molecule has 0 spiro atoms. The number of likely N-dealkylation sites (tertiary alicyclic amines) is 1. The summed E-state index contributed by atoms with van der Waals surface area (Å²) in [5, 5.41) is 16.1. The van der Waals surface area contributed by atoms with Crippen LogP contribution in [0.15, 0.2) is 30.3 Å². The van der Waals surface area contributed by atoms with Crippen molar-refractivity contribution in [2.75, 3.05) is 61.5 Å². The molecule has 184 valence electrons. The summed E-state index contributed by atoms with van der Waals surface area (Å²) in [6.45, 7) is 11.0. The molecule has 2 amide bonds. The highest BCUT2D eigenvalue weighted by atomic mass is 16.5. The third-order valence-electron chi connectivity index (χ3n) is 6.68. The normalized spacial score (nSPS) is 19.2.